The molecule has 0 radical (unpaired) electrons. The predicted octanol–water partition coefficient (Wildman–Crippen LogP) is 0.554. The molecule has 1 aromatic heterocycles. The zero-order chi connectivity index (χ0) is 13.8. The average molecular weight is 267 g/mol. The van der Waals surface area contributed by atoms with Crippen molar-refractivity contribution in [3.63, 3.8) is 0 Å². The normalized spacial score (nSPS) is 19.5. The average Bonchev–Trinajstić information content (AvgIpc) is 2.38. The maximum Gasteiger partial charge on any atom is 0.334 e. The fourth-order valence-corrected chi connectivity index (χ4v) is 1.77. The Hall–Kier alpha value is -1.89. The first-order valence-corrected chi connectivity index (χ1v) is 6.15. The van der Waals surface area contributed by atoms with Crippen LogP contribution in [-0.4, -0.2) is 52.9 Å². The summed E-state index contributed by atoms with van der Waals surface area (Å²) < 4.78 is 10.7. The summed E-state index contributed by atoms with van der Waals surface area (Å²) in [5, 5.41) is 8.96. The van der Waals surface area contributed by atoms with Crippen LogP contribution in [0.5, 0.6) is 5.88 Å². The monoisotopic (exact) mass is 267 g/mol. The third-order valence-corrected chi connectivity index (χ3v) is 2.60. The minimum absolute atomic E-state index is 0.0270. The first kappa shape index (κ1) is 13.5. The molecule has 0 bridgehead atoms. The van der Waals surface area contributed by atoms with Gasteiger partial charge in [-0.15, -0.1) is 0 Å². The van der Waals surface area contributed by atoms with Crippen molar-refractivity contribution in [2.75, 3.05) is 24.6 Å². The lowest BCUT2D eigenvalue weighted by Crippen LogP contribution is -2.46. The number of carboxylic acid groups (broad SMARTS) is 1. The summed E-state index contributed by atoms with van der Waals surface area (Å²) >= 11 is 0. The minimum Gasteiger partial charge on any atom is -0.479 e. The van der Waals surface area contributed by atoms with E-state index in [0.29, 0.717) is 25.0 Å². The van der Waals surface area contributed by atoms with Gasteiger partial charge in [-0.25, -0.2) is 9.78 Å². The molecule has 1 saturated heterocycles. The van der Waals surface area contributed by atoms with Crippen molar-refractivity contribution in [1.82, 2.24) is 9.97 Å². The van der Waals surface area contributed by atoms with Crippen LogP contribution in [0, 0.1) is 0 Å². The highest BCUT2D eigenvalue weighted by molar-refractivity contribution is 5.73. The Morgan fingerprint density at radius 1 is 1.63 bits per heavy atom. The highest BCUT2D eigenvalue weighted by Gasteiger charge is 2.27. The van der Waals surface area contributed by atoms with Gasteiger partial charge in [-0.05, 0) is 13.8 Å². The van der Waals surface area contributed by atoms with Crippen LogP contribution < -0.4 is 9.64 Å². The van der Waals surface area contributed by atoms with Gasteiger partial charge in [-0.1, -0.05) is 0 Å². The van der Waals surface area contributed by atoms with Crippen molar-refractivity contribution in [3.8, 4) is 5.88 Å². The Balaban J connectivity index is 2.10. The van der Waals surface area contributed by atoms with Gasteiger partial charge in [-0.3, -0.25) is 0 Å². The molecule has 7 heteroatoms. The van der Waals surface area contributed by atoms with E-state index in [1.165, 1.54) is 0 Å². The van der Waals surface area contributed by atoms with Gasteiger partial charge >= 0.3 is 5.97 Å². The second-order valence-corrected chi connectivity index (χ2v) is 4.51. The van der Waals surface area contributed by atoms with E-state index in [1.807, 2.05) is 13.8 Å². The zero-order valence-electron chi connectivity index (χ0n) is 10.9. The fraction of sp³-hybridized carbons (Fsp3) is 0.583. The molecule has 2 rings (SSSR count). The van der Waals surface area contributed by atoms with E-state index >= 15 is 0 Å². The van der Waals surface area contributed by atoms with Crippen LogP contribution in [0.4, 0.5) is 5.95 Å². The minimum atomic E-state index is -0.973. The summed E-state index contributed by atoms with van der Waals surface area (Å²) in [5.74, 6) is -0.0228. The van der Waals surface area contributed by atoms with Gasteiger partial charge in [0.15, 0.2) is 6.10 Å². The SMILES string of the molecule is CC(C)Oc1ccnc(N2CCOC(C(=O)O)C2)n1. The number of carbonyl (C=O) groups is 1. The van der Waals surface area contributed by atoms with Crippen molar-refractivity contribution in [2.45, 2.75) is 26.1 Å². The summed E-state index contributed by atoms with van der Waals surface area (Å²) in [5.41, 5.74) is 0. The number of anilines is 1. The molecule has 104 valence electrons. The molecule has 1 atom stereocenters. The predicted molar refractivity (Wildman–Crippen MR) is 67.4 cm³/mol. The van der Waals surface area contributed by atoms with Crippen molar-refractivity contribution >= 4 is 11.9 Å². The highest BCUT2D eigenvalue weighted by atomic mass is 16.5. The molecule has 0 spiro atoms. The Labute approximate surface area is 111 Å². The fourth-order valence-electron chi connectivity index (χ4n) is 1.77. The lowest BCUT2D eigenvalue weighted by atomic mass is 10.3. The number of ether oxygens (including phenoxy) is 2. The summed E-state index contributed by atoms with van der Waals surface area (Å²) in [6, 6.07) is 1.68. The summed E-state index contributed by atoms with van der Waals surface area (Å²) in [6.07, 6.45) is 0.789. The molecule has 1 aliphatic rings. The first-order valence-electron chi connectivity index (χ1n) is 6.15. The number of rotatable bonds is 4. The van der Waals surface area contributed by atoms with E-state index in [1.54, 1.807) is 17.2 Å². The molecule has 7 nitrogen and oxygen atoms in total. The molecule has 1 aliphatic heterocycles. The number of aliphatic carboxylic acids is 1. The van der Waals surface area contributed by atoms with E-state index in [9.17, 15) is 4.79 Å². The van der Waals surface area contributed by atoms with Gasteiger partial charge in [-0.2, -0.15) is 4.98 Å². The third-order valence-electron chi connectivity index (χ3n) is 2.60. The van der Waals surface area contributed by atoms with E-state index in [2.05, 4.69) is 9.97 Å². The van der Waals surface area contributed by atoms with Crippen molar-refractivity contribution in [3.05, 3.63) is 12.3 Å². The number of nitrogens with zero attached hydrogens (tertiary/aromatic N) is 3. The Morgan fingerprint density at radius 2 is 2.42 bits per heavy atom. The lowest BCUT2D eigenvalue weighted by molar-refractivity contribution is -0.150. The van der Waals surface area contributed by atoms with Gasteiger partial charge < -0.3 is 19.5 Å². The lowest BCUT2D eigenvalue weighted by Gasteiger charge is -2.30. The van der Waals surface area contributed by atoms with Crippen LogP contribution in [0.1, 0.15) is 13.8 Å². The molecule has 2 heterocycles. The Kier molecular flexibility index (Phi) is 4.16. The van der Waals surface area contributed by atoms with Crippen LogP contribution in [0.3, 0.4) is 0 Å². The number of morpholine rings is 1. The quantitative estimate of drug-likeness (QED) is 0.852. The number of hydrogen-bond acceptors (Lipinski definition) is 6. The van der Waals surface area contributed by atoms with Crippen molar-refractivity contribution < 1.29 is 19.4 Å². The van der Waals surface area contributed by atoms with Gasteiger partial charge in [0.2, 0.25) is 11.8 Å². The van der Waals surface area contributed by atoms with Crippen LogP contribution in [0.2, 0.25) is 0 Å². The first-order chi connectivity index (χ1) is 9.06. The molecule has 0 saturated carbocycles. The van der Waals surface area contributed by atoms with E-state index in [4.69, 9.17) is 14.6 Å². The summed E-state index contributed by atoms with van der Waals surface area (Å²) in [4.78, 5) is 21.1. The second kappa shape index (κ2) is 5.83. The molecule has 1 aromatic rings. The van der Waals surface area contributed by atoms with E-state index < -0.39 is 12.1 Å². The molecule has 0 amide bonds. The molecular formula is C12H17N3O4. The number of carboxylic acids is 1. The van der Waals surface area contributed by atoms with Gasteiger partial charge in [0.25, 0.3) is 0 Å². The molecule has 19 heavy (non-hydrogen) atoms. The van der Waals surface area contributed by atoms with Crippen molar-refractivity contribution in [1.29, 1.82) is 0 Å². The van der Waals surface area contributed by atoms with Gasteiger partial charge in [0.1, 0.15) is 0 Å². The van der Waals surface area contributed by atoms with Crippen molar-refractivity contribution in [2.24, 2.45) is 0 Å². The largest absolute Gasteiger partial charge is 0.479 e. The number of hydrogen-bond donors (Lipinski definition) is 1. The van der Waals surface area contributed by atoms with Crippen LogP contribution in [0.15, 0.2) is 12.3 Å². The maximum absolute atomic E-state index is 10.9. The van der Waals surface area contributed by atoms with Crippen LogP contribution in [-0.2, 0) is 9.53 Å². The van der Waals surface area contributed by atoms with Crippen LogP contribution >= 0.6 is 0 Å². The van der Waals surface area contributed by atoms with E-state index in [-0.39, 0.29) is 12.6 Å². The standard InChI is InChI=1S/C12H17N3O4/c1-8(2)19-10-3-4-13-12(14-10)15-5-6-18-9(7-15)11(16)17/h3-4,8-9H,5-7H2,1-2H3,(H,16,17). The molecule has 0 aliphatic carbocycles. The molecule has 1 N–H and O–H groups in total. The third kappa shape index (κ3) is 3.54. The molecule has 0 aromatic carbocycles. The van der Waals surface area contributed by atoms with E-state index in [0.717, 1.165) is 0 Å². The highest BCUT2D eigenvalue weighted by Crippen LogP contribution is 2.16. The molecule has 1 unspecified atom stereocenters. The summed E-state index contributed by atoms with van der Waals surface area (Å²) in [6.45, 7) is 4.97. The smallest absolute Gasteiger partial charge is 0.334 e. The number of aromatic nitrogens is 2. The maximum atomic E-state index is 10.9. The second-order valence-electron chi connectivity index (χ2n) is 4.51. The van der Waals surface area contributed by atoms with Crippen LogP contribution in [0.25, 0.3) is 0 Å². The summed E-state index contributed by atoms with van der Waals surface area (Å²) in [7, 11) is 0. The zero-order valence-corrected chi connectivity index (χ0v) is 10.9. The molecule has 1 fully saturated rings. The Bertz CT molecular complexity index is 452. The molecular weight excluding hydrogens is 250 g/mol. The topological polar surface area (TPSA) is 84.8 Å². The Morgan fingerprint density at radius 3 is 3.11 bits per heavy atom. The van der Waals surface area contributed by atoms with Gasteiger partial charge in [0, 0.05) is 18.8 Å². The van der Waals surface area contributed by atoms with Gasteiger partial charge in [0.05, 0.1) is 19.3 Å².